The maximum atomic E-state index is 12.9. The van der Waals surface area contributed by atoms with Gasteiger partial charge in [0.15, 0.2) is 0 Å². The number of rotatable bonds is 6. The summed E-state index contributed by atoms with van der Waals surface area (Å²) in [4.78, 5) is 29.3. The zero-order valence-electron chi connectivity index (χ0n) is 15.8. The van der Waals surface area contributed by atoms with E-state index in [2.05, 4.69) is 9.18 Å². The second-order valence-corrected chi connectivity index (χ2v) is 8.10. The van der Waals surface area contributed by atoms with Crippen molar-refractivity contribution in [3.8, 4) is 0 Å². The lowest BCUT2D eigenvalue weighted by Crippen LogP contribution is -2.26. The van der Waals surface area contributed by atoms with E-state index in [1.165, 1.54) is 17.0 Å². The van der Waals surface area contributed by atoms with E-state index in [9.17, 15) is 22.4 Å². The number of anilines is 1. The number of hydrogen-bond acceptors (Lipinski definition) is 6. The van der Waals surface area contributed by atoms with Crippen LogP contribution in [0.5, 0.6) is 0 Å². The first-order valence-corrected chi connectivity index (χ1v) is 10.5. The minimum absolute atomic E-state index is 0.0423. The quantitative estimate of drug-likeness (QED) is 0.415. The van der Waals surface area contributed by atoms with E-state index < -0.39 is 34.0 Å². The highest BCUT2D eigenvalue weighted by molar-refractivity contribution is 7.85. The Morgan fingerprint density at radius 3 is 2.40 bits per heavy atom. The van der Waals surface area contributed by atoms with Gasteiger partial charge in [-0.05, 0) is 48.5 Å². The lowest BCUT2D eigenvalue weighted by Gasteiger charge is -2.13. The zero-order chi connectivity index (χ0) is 21.9. The highest BCUT2D eigenvalue weighted by Crippen LogP contribution is 2.22. The molecule has 9 nitrogen and oxygen atoms in total. The molecule has 0 aromatic heterocycles. The van der Waals surface area contributed by atoms with Crippen molar-refractivity contribution in [2.75, 3.05) is 24.3 Å². The molecule has 0 aliphatic carbocycles. The molecule has 1 aliphatic rings. The van der Waals surface area contributed by atoms with Gasteiger partial charge in [-0.15, -0.1) is 0 Å². The fourth-order valence-electron chi connectivity index (χ4n) is 2.66. The molecular weight excluding hydrogens is 417 g/mol. The molecule has 0 bridgehead atoms. The monoisotopic (exact) mass is 435 g/mol. The van der Waals surface area contributed by atoms with Crippen LogP contribution >= 0.6 is 0 Å². The number of cyclic esters (lactones) is 1. The first kappa shape index (κ1) is 21.4. The van der Waals surface area contributed by atoms with E-state index in [1.807, 2.05) is 0 Å². The lowest BCUT2D eigenvalue weighted by atomic mass is 10.1. The van der Waals surface area contributed by atoms with Crippen molar-refractivity contribution in [1.29, 1.82) is 0 Å². The molecule has 1 atom stereocenters. The van der Waals surface area contributed by atoms with Gasteiger partial charge in [-0.25, -0.2) is 9.18 Å². The van der Waals surface area contributed by atoms with Gasteiger partial charge in [0.25, 0.3) is 16.0 Å². The van der Waals surface area contributed by atoms with Crippen molar-refractivity contribution in [2.24, 2.45) is 10.7 Å². The Morgan fingerprint density at radius 2 is 1.80 bits per heavy atom. The van der Waals surface area contributed by atoms with Crippen molar-refractivity contribution in [1.82, 2.24) is 0 Å². The van der Waals surface area contributed by atoms with Gasteiger partial charge in [-0.3, -0.25) is 13.9 Å². The summed E-state index contributed by atoms with van der Waals surface area (Å²) in [7, 11) is -3.64. The molecule has 0 spiro atoms. The second kappa shape index (κ2) is 8.59. The fraction of sp³-hybridized carbons (Fsp3) is 0.211. The van der Waals surface area contributed by atoms with Gasteiger partial charge in [0.1, 0.15) is 24.4 Å². The van der Waals surface area contributed by atoms with Crippen LogP contribution in [0.4, 0.5) is 14.9 Å². The number of benzene rings is 2. The molecule has 1 unspecified atom stereocenters. The van der Waals surface area contributed by atoms with Gasteiger partial charge >= 0.3 is 6.09 Å². The molecule has 1 fully saturated rings. The maximum absolute atomic E-state index is 12.9. The molecule has 1 aliphatic heterocycles. The minimum Gasteiger partial charge on any atom is -0.441 e. The Kier molecular flexibility index (Phi) is 6.13. The molecule has 2 aromatic carbocycles. The van der Waals surface area contributed by atoms with E-state index >= 15 is 0 Å². The van der Waals surface area contributed by atoms with E-state index in [-0.39, 0.29) is 24.6 Å². The average Bonchev–Trinajstić information content (AvgIpc) is 3.07. The third-order valence-electron chi connectivity index (χ3n) is 4.13. The van der Waals surface area contributed by atoms with Crippen molar-refractivity contribution in [3.05, 3.63) is 65.5 Å². The topological polar surface area (TPSA) is 128 Å². The molecule has 158 valence electrons. The molecule has 2 N–H and O–H groups in total. The van der Waals surface area contributed by atoms with Crippen molar-refractivity contribution in [2.45, 2.75) is 6.10 Å². The number of hydrogen-bond donors (Lipinski definition) is 1. The van der Waals surface area contributed by atoms with Gasteiger partial charge < -0.3 is 10.5 Å². The summed E-state index contributed by atoms with van der Waals surface area (Å²) in [6.45, 7) is -0.162. The Hall–Kier alpha value is -3.31. The smallest absolute Gasteiger partial charge is 0.414 e. The largest absolute Gasteiger partial charge is 0.441 e. The van der Waals surface area contributed by atoms with E-state index in [0.717, 1.165) is 18.4 Å². The van der Waals surface area contributed by atoms with Crippen molar-refractivity contribution >= 4 is 33.6 Å². The molecule has 30 heavy (non-hydrogen) atoms. The number of ether oxygens (including phenoxy) is 1. The molecule has 11 heteroatoms. The molecule has 3 rings (SSSR count). The molecule has 2 aromatic rings. The third-order valence-corrected chi connectivity index (χ3v) is 4.69. The molecule has 0 radical (unpaired) electrons. The van der Waals surface area contributed by atoms with Crippen LogP contribution in [-0.2, 0) is 19.0 Å². The van der Waals surface area contributed by atoms with Gasteiger partial charge in [0, 0.05) is 16.8 Å². The molecular formula is C19H18FN3O6S. The number of carbonyl (C=O) groups is 2. The summed E-state index contributed by atoms with van der Waals surface area (Å²) in [6.07, 6.45) is -0.461. The number of nitrogens with two attached hydrogens (primary N) is 1. The van der Waals surface area contributed by atoms with Crippen LogP contribution < -0.4 is 10.6 Å². The predicted molar refractivity (Wildman–Crippen MR) is 106 cm³/mol. The first-order valence-electron chi connectivity index (χ1n) is 8.69. The van der Waals surface area contributed by atoms with Crippen LogP contribution in [0, 0.1) is 5.82 Å². The summed E-state index contributed by atoms with van der Waals surface area (Å²) in [5.41, 5.74) is 7.00. The van der Waals surface area contributed by atoms with Crippen LogP contribution in [0.15, 0.2) is 53.5 Å². The summed E-state index contributed by atoms with van der Waals surface area (Å²) in [6, 6.07) is 11.2. The second-order valence-electron chi connectivity index (χ2n) is 6.46. The van der Waals surface area contributed by atoms with Crippen molar-refractivity contribution in [3.63, 3.8) is 0 Å². The number of amidine groups is 1. The minimum atomic E-state index is -3.64. The average molecular weight is 435 g/mol. The SMILES string of the molecule is CS(=O)(=O)OCC1CN(c2ccc(C(N)=NC(=O)c3ccc(F)cc3)cc2)C(=O)O1. The van der Waals surface area contributed by atoms with E-state index in [1.54, 1.807) is 24.3 Å². The van der Waals surface area contributed by atoms with E-state index in [0.29, 0.717) is 11.3 Å². The number of aliphatic imine (C=N–C) groups is 1. The highest BCUT2D eigenvalue weighted by atomic mass is 32.2. The first-order chi connectivity index (χ1) is 14.1. The molecule has 1 heterocycles. The van der Waals surface area contributed by atoms with Gasteiger partial charge in [0.05, 0.1) is 12.8 Å². The summed E-state index contributed by atoms with van der Waals surface area (Å²) in [5, 5.41) is 0. The Balaban J connectivity index is 1.67. The lowest BCUT2D eigenvalue weighted by molar-refractivity contribution is 0.100. The normalized spacial score (nSPS) is 17.1. The number of halogens is 1. The van der Waals surface area contributed by atoms with Crippen LogP contribution in [0.2, 0.25) is 0 Å². The predicted octanol–water partition coefficient (Wildman–Crippen LogP) is 1.67. The molecule has 2 amide bonds. The number of nitrogens with zero attached hydrogens (tertiary/aromatic N) is 2. The Morgan fingerprint density at radius 1 is 1.20 bits per heavy atom. The number of carbonyl (C=O) groups excluding carboxylic acids is 2. The zero-order valence-corrected chi connectivity index (χ0v) is 16.6. The summed E-state index contributed by atoms with van der Waals surface area (Å²) in [5.74, 6) is -1.13. The van der Waals surface area contributed by atoms with Crippen LogP contribution in [0.3, 0.4) is 0 Å². The van der Waals surface area contributed by atoms with Crippen LogP contribution in [0.25, 0.3) is 0 Å². The number of amides is 2. The van der Waals surface area contributed by atoms with Crippen molar-refractivity contribution < 1.29 is 31.3 Å². The third kappa shape index (κ3) is 5.39. The Bertz CT molecular complexity index is 1080. The molecule has 1 saturated heterocycles. The standard InChI is InChI=1S/C19H18FN3O6S/c1-30(26,27)28-11-16-10-23(19(25)29-16)15-8-4-12(5-9-15)17(21)22-18(24)13-2-6-14(20)7-3-13/h2-9,16H,10-11H2,1H3,(H2,21,22,24). The van der Waals surface area contributed by atoms with Crippen LogP contribution in [-0.4, -0.2) is 51.8 Å². The van der Waals surface area contributed by atoms with Gasteiger partial charge in [-0.2, -0.15) is 13.4 Å². The van der Waals surface area contributed by atoms with Gasteiger partial charge in [0.2, 0.25) is 0 Å². The maximum Gasteiger partial charge on any atom is 0.414 e. The summed E-state index contributed by atoms with van der Waals surface area (Å²) < 4.78 is 44.8. The Labute approximate surface area is 172 Å². The highest BCUT2D eigenvalue weighted by Gasteiger charge is 2.33. The van der Waals surface area contributed by atoms with Crippen LogP contribution in [0.1, 0.15) is 15.9 Å². The van der Waals surface area contributed by atoms with E-state index in [4.69, 9.17) is 10.5 Å². The fourth-order valence-corrected chi connectivity index (χ4v) is 3.06. The molecule has 0 saturated carbocycles. The van der Waals surface area contributed by atoms with Gasteiger partial charge in [-0.1, -0.05) is 0 Å². The summed E-state index contributed by atoms with van der Waals surface area (Å²) >= 11 is 0.